The molecule has 0 saturated carbocycles. The van der Waals surface area contributed by atoms with E-state index in [9.17, 15) is 9.59 Å². The molecule has 1 aliphatic rings. The van der Waals surface area contributed by atoms with E-state index in [4.69, 9.17) is 4.74 Å². The number of benzene rings is 2. The molecule has 32 heavy (non-hydrogen) atoms. The molecule has 162 valence electrons. The highest BCUT2D eigenvalue weighted by Gasteiger charge is 2.29. The first-order valence-electron chi connectivity index (χ1n) is 10.8. The molecule has 2 aromatic carbocycles. The summed E-state index contributed by atoms with van der Waals surface area (Å²) in [5.74, 6) is 0.479. The summed E-state index contributed by atoms with van der Waals surface area (Å²) in [5, 5.41) is 6.15. The van der Waals surface area contributed by atoms with Crippen molar-refractivity contribution < 1.29 is 14.3 Å². The Morgan fingerprint density at radius 1 is 0.906 bits per heavy atom. The average Bonchev–Trinajstić information content (AvgIpc) is 3.27. The minimum Gasteiger partial charge on any atom is -0.493 e. The van der Waals surface area contributed by atoms with Gasteiger partial charge in [-0.2, -0.15) is 5.10 Å². The van der Waals surface area contributed by atoms with Crippen LogP contribution < -0.4 is 4.74 Å². The lowest BCUT2D eigenvalue weighted by Gasteiger charge is -2.35. The number of aromatic nitrogens is 2. The number of ether oxygens (including phenoxy) is 1. The van der Waals surface area contributed by atoms with Gasteiger partial charge in [0.25, 0.3) is 11.8 Å². The quantitative estimate of drug-likeness (QED) is 0.499. The lowest BCUT2D eigenvalue weighted by Crippen LogP contribution is -2.50. The Hall–Kier alpha value is -3.87. The van der Waals surface area contributed by atoms with Crippen molar-refractivity contribution in [2.24, 2.45) is 0 Å². The summed E-state index contributed by atoms with van der Waals surface area (Å²) in [5.41, 5.74) is 1.96. The molecular formula is C25H24N4O3. The monoisotopic (exact) mass is 428 g/mol. The predicted octanol–water partition coefficient (Wildman–Crippen LogP) is 3.48. The minimum atomic E-state index is -0.0617. The van der Waals surface area contributed by atoms with E-state index < -0.39 is 0 Å². The number of rotatable bonds is 4. The predicted molar refractivity (Wildman–Crippen MR) is 122 cm³/mol. The average molecular weight is 428 g/mol. The molecule has 7 heteroatoms. The summed E-state index contributed by atoms with van der Waals surface area (Å²) >= 11 is 0. The lowest BCUT2D eigenvalue weighted by atomic mass is 10.0. The Morgan fingerprint density at radius 3 is 2.41 bits per heavy atom. The Balaban J connectivity index is 1.36. The zero-order valence-corrected chi connectivity index (χ0v) is 17.9. The van der Waals surface area contributed by atoms with Gasteiger partial charge in [-0.3, -0.25) is 9.59 Å². The van der Waals surface area contributed by atoms with Crippen LogP contribution in [0.15, 0.2) is 67.0 Å². The number of carbonyl (C=O) groups is 2. The highest BCUT2D eigenvalue weighted by atomic mass is 16.5. The second-order valence-corrected chi connectivity index (χ2v) is 7.77. The van der Waals surface area contributed by atoms with Crippen LogP contribution in [-0.4, -0.2) is 64.0 Å². The smallest absolute Gasteiger partial charge is 0.258 e. The first-order chi connectivity index (χ1) is 15.7. The van der Waals surface area contributed by atoms with Crippen LogP contribution >= 0.6 is 0 Å². The third-order valence-corrected chi connectivity index (χ3v) is 5.92. The van der Waals surface area contributed by atoms with Gasteiger partial charge in [0.1, 0.15) is 5.75 Å². The summed E-state index contributed by atoms with van der Waals surface area (Å²) in [4.78, 5) is 30.2. The Bertz CT molecular complexity index is 1310. The first kappa shape index (κ1) is 20.1. The van der Waals surface area contributed by atoms with Crippen LogP contribution in [0.4, 0.5) is 0 Å². The van der Waals surface area contributed by atoms with Crippen molar-refractivity contribution in [3.63, 3.8) is 0 Å². The molecule has 0 unspecified atom stereocenters. The number of carbonyl (C=O) groups excluding carboxylic acids is 2. The molecule has 2 aromatic heterocycles. The zero-order chi connectivity index (χ0) is 22.1. The molecular weight excluding hydrogens is 404 g/mol. The fraction of sp³-hybridized carbons (Fsp3) is 0.240. The number of amides is 2. The van der Waals surface area contributed by atoms with Crippen LogP contribution in [0.5, 0.6) is 5.75 Å². The van der Waals surface area contributed by atoms with Crippen molar-refractivity contribution in [1.29, 1.82) is 0 Å². The van der Waals surface area contributed by atoms with E-state index in [1.54, 1.807) is 15.6 Å². The lowest BCUT2D eigenvalue weighted by molar-refractivity contribution is 0.0535. The topological polar surface area (TPSA) is 67.2 Å². The molecule has 3 heterocycles. The Morgan fingerprint density at radius 2 is 1.62 bits per heavy atom. The van der Waals surface area contributed by atoms with E-state index in [-0.39, 0.29) is 11.8 Å². The number of hydrogen-bond acceptors (Lipinski definition) is 4. The SMILES string of the molecule is CCOc1ccc2ccccc2c1C(=O)N1CCN(C(=O)c2cnn3ccccc23)CC1. The van der Waals surface area contributed by atoms with Crippen molar-refractivity contribution in [3.8, 4) is 5.75 Å². The fourth-order valence-electron chi connectivity index (χ4n) is 4.29. The van der Waals surface area contributed by atoms with E-state index >= 15 is 0 Å². The maximum absolute atomic E-state index is 13.5. The summed E-state index contributed by atoms with van der Waals surface area (Å²) in [6.07, 6.45) is 3.43. The molecule has 5 rings (SSSR count). The number of piperazine rings is 1. The number of nitrogens with zero attached hydrogens (tertiary/aromatic N) is 4. The molecule has 1 fully saturated rings. The highest BCUT2D eigenvalue weighted by Crippen LogP contribution is 2.30. The molecule has 4 aromatic rings. The number of fused-ring (bicyclic) bond motifs is 2. The second-order valence-electron chi connectivity index (χ2n) is 7.77. The van der Waals surface area contributed by atoms with E-state index in [1.807, 2.05) is 72.6 Å². The largest absolute Gasteiger partial charge is 0.493 e. The summed E-state index contributed by atoms with van der Waals surface area (Å²) in [6, 6.07) is 17.3. The van der Waals surface area contributed by atoms with Gasteiger partial charge in [0.05, 0.1) is 29.4 Å². The standard InChI is InChI=1S/C25H24N4O3/c1-2-32-22-11-10-18-7-3-4-8-19(18)23(22)25(31)28-15-13-27(14-16-28)24(30)20-17-26-29-12-6-5-9-21(20)29/h3-12,17H,2,13-16H2,1H3. The van der Waals surface area contributed by atoms with Crippen molar-refractivity contribution in [1.82, 2.24) is 19.4 Å². The van der Waals surface area contributed by atoms with Gasteiger partial charge in [-0.25, -0.2) is 4.52 Å². The molecule has 0 aliphatic carbocycles. The third kappa shape index (κ3) is 3.45. The van der Waals surface area contributed by atoms with Crippen LogP contribution in [0.3, 0.4) is 0 Å². The zero-order valence-electron chi connectivity index (χ0n) is 17.9. The molecule has 7 nitrogen and oxygen atoms in total. The maximum atomic E-state index is 13.5. The van der Waals surface area contributed by atoms with Crippen molar-refractivity contribution in [2.45, 2.75) is 6.92 Å². The van der Waals surface area contributed by atoms with E-state index in [0.717, 1.165) is 16.3 Å². The molecule has 0 spiro atoms. The molecule has 1 aliphatic heterocycles. The molecule has 0 atom stereocenters. The molecule has 1 saturated heterocycles. The van der Waals surface area contributed by atoms with Crippen LogP contribution in [0.1, 0.15) is 27.6 Å². The highest BCUT2D eigenvalue weighted by molar-refractivity contribution is 6.09. The van der Waals surface area contributed by atoms with Gasteiger partial charge < -0.3 is 14.5 Å². The van der Waals surface area contributed by atoms with Crippen LogP contribution in [0, 0.1) is 0 Å². The van der Waals surface area contributed by atoms with E-state index in [2.05, 4.69) is 5.10 Å². The van der Waals surface area contributed by atoms with Crippen LogP contribution in [0.25, 0.3) is 16.3 Å². The van der Waals surface area contributed by atoms with Crippen molar-refractivity contribution in [3.05, 3.63) is 78.1 Å². The second kappa shape index (κ2) is 8.34. The number of pyridine rings is 1. The Labute approximate surface area is 185 Å². The van der Waals surface area contributed by atoms with Gasteiger partial charge in [-0.1, -0.05) is 36.4 Å². The molecule has 0 N–H and O–H groups in total. The van der Waals surface area contributed by atoms with Crippen LogP contribution in [-0.2, 0) is 0 Å². The third-order valence-electron chi connectivity index (χ3n) is 5.92. The van der Waals surface area contributed by atoms with Crippen molar-refractivity contribution in [2.75, 3.05) is 32.8 Å². The van der Waals surface area contributed by atoms with Gasteiger partial charge in [0.2, 0.25) is 0 Å². The molecule has 2 amide bonds. The van der Waals surface area contributed by atoms with Gasteiger partial charge in [-0.15, -0.1) is 0 Å². The Kier molecular flexibility index (Phi) is 5.23. The first-order valence-corrected chi connectivity index (χ1v) is 10.8. The molecule has 0 bridgehead atoms. The number of hydrogen-bond donors (Lipinski definition) is 0. The van der Waals surface area contributed by atoms with Crippen LogP contribution in [0.2, 0.25) is 0 Å². The summed E-state index contributed by atoms with van der Waals surface area (Å²) in [7, 11) is 0. The van der Waals surface area contributed by atoms with E-state index in [1.165, 1.54) is 0 Å². The van der Waals surface area contributed by atoms with Gasteiger partial charge in [0.15, 0.2) is 0 Å². The fourth-order valence-corrected chi connectivity index (χ4v) is 4.29. The summed E-state index contributed by atoms with van der Waals surface area (Å²) < 4.78 is 7.48. The van der Waals surface area contributed by atoms with Gasteiger partial charge in [0, 0.05) is 32.4 Å². The van der Waals surface area contributed by atoms with E-state index in [0.29, 0.717) is 49.7 Å². The summed E-state index contributed by atoms with van der Waals surface area (Å²) in [6.45, 7) is 4.29. The van der Waals surface area contributed by atoms with Gasteiger partial charge in [-0.05, 0) is 35.9 Å². The maximum Gasteiger partial charge on any atom is 0.258 e. The van der Waals surface area contributed by atoms with Crippen molar-refractivity contribution >= 4 is 28.1 Å². The normalized spacial score (nSPS) is 14.2. The van der Waals surface area contributed by atoms with Gasteiger partial charge >= 0.3 is 0 Å². The minimum absolute atomic E-state index is 0.0570. The molecule has 0 radical (unpaired) electrons.